The molecule has 0 saturated heterocycles. The van der Waals surface area contributed by atoms with Crippen molar-refractivity contribution in [1.29, 1.82) is 0 Å². The second kappa shape index (κ2) is 11.0. The van der Waals surface area contributed by atoms with Crippen LogP contribution in [0.1, 0.15) is 17.5 Å². The summed E-state index contributed by atoms with van der Waals surface area (Å²) in [7, 11) is 0. The molecule has 0 radical (unpaired) electrons. The van der Waals surface area contributed by atoms with Gasteiger partial charge in [-0.2, -0.15) is 11.8 Å². The van der Waals surface area contributed by atoms with E-state index in [2.05, 4.69) is 5.32 Å². The number of hydrogen-bond acceptors (Lipinski definition) is 4. The van der Waals surface area contributed by atoms with Gasteiger partial charge < -0.3 is 15.6 Å². The van der Waals surface area contributed by atoms with E-state index in [0.717, 1.165) is 16.9 Å². The lowest BCUT2D eigenvalue weighted by Crippen LogP contribution is -2.40. The van der Waals surface area contributed by atoms with Crippen LogP contribution in [0.15, 0.2) is 53.5 Å². The molecule has 0 aliphatic rings. The Labute approximate surface area is 158 Å². The summed E-state index contributed by atoms with van der Waals surface area (Å²) >= 11 is 1.68. The number of nitrogens with two attached hydrogens (primary N) is 1. The van der Waals surface area contributed by atoms with Crippen molar-refractivity contribution < 1.29 is 4.79 Å². The van der Waals surface area contributed by atoms with E-state index in [1.807, 2.05) is 36.6 Å². The minimum Gasteiger partial charge on any atom is -0.351 e. The average molecular weight is 382 g/mol. The van der Waals surface area contributed by atoms with Crippen LogP contribution in [0.4, 0.5) is 0 Å². The predicted molar refractivity (Wildman–Crippen MR) is 106 cm³/mol. The van der Waals surface area contributed by atoms with Crippen molar-refractivity contribution in [3.05, 3.63) is 70.1 Å². The first kappa shape index (κ1) is 21.3. The lowest BCUT2D eigenvalue weighted by Gasteiger charge is -2.12. The van der Waals surface area contributed by atoms with E-state index in [-0.39, 0.29) is 23.9 Å². The number of aromatic nitrogens is 1. The van der Waals surface area contributed by atoms with Crippen LogP contribution in [-0.2, 0) is 17.9 Å². The largest absolute Gasteiger partial charge is 0.351 e. The third kappa shape index (κ3) is 6.94. The zero-order valence-electron chi connectivity index (χ0n) is 14.2. The van der Waals surface area contributed by atoms with E-state index in [1.165, 1.54) is 0 Å². The maximum Gasteiger partial charge on any atom is 0.250 e. The molecule has 0 spiro atoms. The van der Waals surface area contributed by atoms with Gasteiger partial charge in [-0.1, -0.05) is 30.3 Å². The average Bonchev–Trinajstić information content (AvgIpc) is 2.60. The summed E-state index contributed by atoms with van der Waals surface area (Å²) in [5.74, 6) is 0.756. The molecular formula is C18H24ClN3O2S. The first-order valence-electron chi connectivity index (χ1n) is 7.85. The van der Waals surface area contributed by atoms with Gasteiger partial charge >= 0.3 is 0 Å². The molecule has 7 heteroatoms. The van der Waals surface area contributed by atoms with Crippen LogP contribution in [0, 0.1) is 0 Å². The quantitative estimate of drug-likeness (QED) is 0.733. The summed E-state index contributed by atoms with van der Waals surface area (Å²) in [6, 6.07) is 12.5. The number of benzene rings is 1. The van der Waals surface area contributed by atoms with Gasteiger partial charge in [0.15, 0.2) is 0 Å². The van der Waals surface area contributed by atoms with Gasteiger partial charge in [-0.25, -0.2) is 0 Å². The Morgan fingerprint density at radius 1 is 1.20 bits per heavy atom. The zero-order valence-corrected chi connectivity index (χ0v) is 15.8. The zero-order chi connectivity index (χ0) is 17.4. The van der Waals surface area contributed by atoms with Gasteiger partial charge in [-0.05, 0) is 35.6 Å². The molecule has 0 saturated carbocycles. The fourth-order valence-electron chi connectivity index (χ4n) is 2.25. The van der Waals surface area contributed by atoms with Gasteiger partial charge in [-0.3, -0.25) is 9.59 Å². The molecule has 0 unspecified atom stereocenters. The number of nitrogens with zero attached hydrogens (tertiary/aromatic N) is 1. The molecule has 0 aliphatic carbocycles. The number of carbonyl (C=O) groups is 1. The van der Waals surface area contributed by atoms with Crippen molar-refractivity contribution in [2.24, 2.45) is 5.73 Å². The molecule has 3 N–H and O–H groups in total. The first-order valence-corrected chi connectivity index (χ1v) is 9.25. The highest BCUT2D eigenvalue weighted by atomic mass is 35.5. The van der Waals surface area contributed by atoms with E-state index in [9.17, 15) is 9.59 Å². The van der Waals surface area contributed by atoms with Crippen molar-refractivity contribution in [2.45, 2.75) is 25.6 Å². The first-order chi connectivity index (χ1) is 11.6. The number of rotatable bonds is 8. The van der Waals surface area contributed by atoms with Crippen LogP contribution in [0.3, 0.4) is 0 Å². The highest BCUT2D eigenvalue weighted by molar-refractivity contribution is 7.98. The lowest BCUT2D eigenvalue weighted by atomic mass is 10.1. The fraction of sp³-hybridized carbons (Fsp3) is 0.333. The predicted octanol–water partition coefficient (Wildman–Crippen LogP) is 2.02. The molecule has 2 rings (SSSR count). The molecule has 0 aliphatic heterocycles. The van der Waals surface area contributed by atoms with Crippen LogP contribution in [-0.4, -0.2) is 28.5 Å². The van der Waals surface area contributed by atoms with E-state index in [4.69, 9.17) is 5.73 Å². The summed E-state index contributed by atoms with van der Waals surface area (Å²) in [5, 5.41) is 2.86. The number of thioether (sulfide) groups is 1. The lowest BCUT2D eigenvalue weighted by molar-refractivity contribution is -0.122. The number of nitrogens with one attached hydrogen (secondary N) is 1. The molecule has 1 heterocycles. The fourth-order valence-corrected chi connectivity index (χ4v) is 2.74. The van der Waals surface area contributed by atoms with Gasteiger partial charge in [0.25, 0.3) is 5.56 Å². The van der Waals surface area contributed by atoms with E-state index < -0.39 is 6.04 Å². The Balaban J connectivity index is 0.00000312. The molecule has 0 fully saturated rings. The summed E-state index contributed by atoms with van der Waals surface area (Å²) in [6.45, 7) is 0.989. The molecule has 1 amide bonds. The number of amides is 1. The van der Waals surface area contributed by atoms with Crippen LogP contribution in [0.2, 0.25) is 0 Å². The molecular weight excluding hydrogens is 358 g/mol. The monoisotopic (exact) mass is 381 g/mol. The summed E-state index contributed by atoms with van der Waals surface area (Å²) in [6.07, 6.45) is 4.44. The van der Waals surface area contributed by atoms with Crippen molar-refractivity contribution >= 4 is 30.1 Å². The number of pyridine rings is 1. The van der Waals surface area contributed by atoms with Gasteiger partial charge in [-0.15, -0.1) is 12.4 Å². The molecule has 5 nitrogen and oxygen atoms in total. The highest BCUT2D eigenvalue weighted by Crippen LogP contribution is 2.06. The topological polar surface area (TPSA) is 77.1 Å². The van der Waals surface area contributed by atoms with Gasteiger partial charge in [0.1, 0.15) is 0 Å². The number of halogens is 1. The third-order valence-corrected chi connectivity index (χ3v) is 4.36. The van der Waals surface area contributed by atoms with E-state index >= 15 is 0 Å². The SMILES string of the molecule is CSCC[C@H](N)C(=O)NCc1ccc(Cn2ccccc2=O)cc1.Cl. The van der Waals surface area contributed by atoms with Crippen molar-refractivity contribution in [1.82, 2.24) is 9.88 Å². The molecule has 2 aromatic rings. The van der Waals surface area contributed by atoms with Gasteiger partial charge in [0.05, 0.1) is 12.6 Å². The smallest absolute Gasteiger partial charge is 0.250 e. The maximum absolute atomic E-state index is 11.9. The minimum atomic E-state index is -0.457. The van der Waals surface area contributed by atoms with Gasteiger partial charge in [0.2, 0.25) is 5.91 Å². The molecule has 25 heavy (non-hydrogen) atoms. The van der Waals surface area contributed by atoms with Crippen LogP contribution in [0.25, 0.3) is 0 Å². The number of carbonyl (C=O) groups excluding carboxylic acids is 1. The van der Waals surface area contributed by atoms with Crippen molar-refractivity contribution in [2.75, 3.05) is 12.0 Å². The Morgan fingerprint density at radius 2 is 1.88 bits per heavy atom. The molecule has 1 aromatic heterocycles. The molecule has 136 valence electrons. The Bertz CT molecular complexity index is 719. The highest BCUT2D eigenvalue weighted by Gasteiger charge is 2.12. The van der Waals surface area contributed by atoms with Crippen LogP contribution in [0.5, 0.6) is 0 Å². The summed E-state index contributed by atoms with van der Waals surface area (Å²) in [5.41, 5.74) is 7.85. The maximum atomic E-state index is 11.9. The minimum absolute atomic E-state index is 0. The Kier molecular flexibility index (Phi) is 9.34. The molecule has 0 bridgehead atoms. The normalized spacial score (nSPS) is 11.4. The molecule has 1 aromatic carbocycles. The van der Waals surface area contributed by atoms with Crippen LogP contribution >= 0.6 is 24.2 Å². The third-order valence-electron chi connectivity index (χ3n) is 3.71. The second-order valence-electron chi connectivity index (χ2n) is 5.59. The number of hydrogen-bond donors (Lipinski definition) is 2. The van der Waals surface area contributed by atoms with E-state index in [0.29, 0.717) is 19.5 Å². The van der Waals surface area contributed by atoms with Crippen molar-refractivity contribution in [3.63, 3.8) is 0 Å². The van der Waals surface area contributed by atoms with Crippen LogP contribution < -0.4 is 16.6 Å². The van der Waals surface area contributed by atoms with Crippen molar-refractivity contribution in [3.8, 4) is 0 Å². The summed E-state index contributed by atoms with van der Waals surface area (Å²) < 4.78 is 1.65. The second-order valence-corrected chi connectivity index (χ2v) is 6.57. The summed E-state index contributed by atoms with van der Waals surface area (Å²) in [4.78, 5) is 23.6. The Hall–Kier alpha value is -1.76. The van der Waals surface area contributed by atoms with E-state index in [1.54, 1.807) is 34.7 Å². The van der Waals surface area contributed by atoms with Gasteiger partial charge in [0, 0.05) is 18.8 Å². The Morgan fingerprint density at radius 3 is 2.52 bits per heavy atom. The molecule has 1 atom stereocenters. The standard InChI is InChI=1S/C18H23N3O2S.ClH/c1-24-11-9-16(19)18(23)20-12-14-5-7-15(8-6-14)13-21-10-3-2-4-17(21)22;/h2-8,10,16H,9,11-13,19H2,1H3,(H,20,23);1H/t16-;/m0./s1.